The number of esters is 2. The Bertz CT molecular complexity index is 1670. The van der Waals surface area contributed by atoms with Crippen molar-refractivity contribution in [1.29, 1.82) is 0 Å². The van der Waals surface area contributed by atoms with E-state index in [-0.39, 0.29) is 22.7 Å². The molecule has 4 heteroatoms. The van der Waals surface area contributed by atoms with Gasteiger partial charge in [-0.2, -0.15) is 0 Å². The molecule has 2 unspecified atom stereocenters. The number of carbonyl (C=O) groups excluding carboxylic acids is 2. The van der Waals surface area contributed by atoms with E-state index < -0.39 is 24.1 Å². The van der Waals surface area contributed by atoms with Crippen LogP contribution in [0, 0.1) is 6.92 Å². The maximum atomic E-state index is 14.0. The lowest BCUT2D eigenvalue weighted by Gasteiger charge is -2.42. The number of benzene rings is 4. The lowest BCUT2D eigenvalue weighted by molar-refractivity contribution is -0.0532. The lowest BCUT2D eigenvalue weighted by atomic mass is 9.70. The van der Waals surface area contributed by atoms with Gasteiger partial charge < -0.3 is 9.47 Å². The van der Waals surface area contributed by atoms with Crippen LogP contribution in [-0.4, -0.2) is 24.1 Å². The van der Waals surface area contributed by atoms with Gasteiger partial charge in [0.15, 0.2) is 6.10 Å². The van der Waals surface area contributed by atoms with Gasteiger partial charge in [0.1, 0.15) is 6.10 Å². The standard InChI is InChI=1S/C40H44O4/c1-25-15-9-10-20-31(25)34-33-22-12-11-21-32(33)26(2)35(43-37(41)27-16-13-18-29(23-27)39(3,4)5)36(34)44-38(42)28-17-14-19-30(24-28)40(6,7)8/h9-24,26,34-36H,1-8H3/t26-,34-,35?,36?/m0/s1. The molecule has 0 saturated heterocycles. The average Bonchev–Trinajstić information content (AvgIpc) is 2.99. The van der Waals surface area contributed by atoms with Crippen molar-refractivity contribution in [3.8, 4) is 0 Å². The van der Waals surface area contributed by atoms with Crippen molar-refractivity contribution in [2.24, 2.45) is 0 Å². The van der Waals surface area contributed by atoms with Crippen LogP contribution in [-0.2, 0) is 20.3 Å². The molecule has 0 aliphatic heterocycles. The summed E-state index contributed by atoms with van der Waals surface area (Å²) in [5.74, 6) is -1.38. The fourth-order valence-electron chi connectivity index (χ4n) is 6.23. The van der Waals surface area contributed by atoms with E-state index in [2.05, 4.69) is 79.7 Å². The topological polar surface area (TPSA) is 52.6 Å². The maximum absolute atomic E-state index is 14.0. The molecule has 0 spiro atoms. The SMILES string of the molecule is Cc1ccccc1[C@H]1c2ccccc2[C@H](C)C(OC(=O)c2cccc(C(C)(C)C)c2)C1OC(=O)c1cccc(C(C)(C)C)c1. The highest BCUT2D eigenvalue weighted by Gasteiger charge is 2.47. The fourth-order valence-corrected chi connectivity index (χ4v) is 6.23. The molecule has 0 heterocycles. The zero-order chi connectivity index (χ0) is 31.8. The number of aryl methyl sites for hydroxylation is 1. The second-order valence-corrected chi connectivity index (χ2v) is 14.2. The largest absolute Gasteiger partial charge is 0.454 e. The molecule has 1 aliphatic rings. The number of fused-ring (bicyclic) bond motifs is 1. The van der Waals surface area contributed by atoms with Crippen LogP contribution in [0.25, 0.3) is 0 Å². The maximum Gasteiger partial charge on any atom is 0.338 e. The minimum atomic E-state index is -0.749. The first-order valence-corrected chi connectivity index (χ1v) is 15.5. The highest BCUT2D eigenvalue weighted by atomic mass is 16.6. The predicted molar refractivity (Wildman–Crippen MR) is 177 cm³/mol. The summed E-state index contributed by atoms with van der Waals surface area (Å²) in [6.45, 7) is 16.8. The summed E-state index contributed by atoms with van der Waals surface area (Å²) in [5.41, 5.74) is 7.11. The third-order valence-corrected chi connectivity index (χ3v) is 8.91. The summed E-state index contributed by atoms with van der Waals surface area (Å²) in [7, 11) is 0. The van der Waals surface area contributed by atoms with E-state index >= 15 is 0 Å². The summed E-state index contributed by atoms with van der Waals surface area (Å²) in [4.78, 5) is 27.8. The number of carbonyl (C=O) groups is 2. The number of rotatable bonds is 5. The zero-order valence-corrected chi connectivity index (χ0v) is 27.2. The molecule has 4 atom stereocenters. The molecule has 1 aliphatic carbocycles. The molecule has 5 rings (SSSR count). The van der Waals surface area contributed by atoms with Gasteiger partial charge in [0, 0.05) is 5.92 Å². The van der Waals surface area contributed by atoms with Crippen molar-refractivity contribution < 1.29 is 19.1 Å². The monoisotopic (exact) mass is 588 g/mol. The summed E-state index contributed by atoms with van der Waals surface area (Å²) in [6, 6.07) is 31.6. The molecule has 0 N–H and O–H groups in total. The molecule has 228 valence electrons. The van der Waals surface area contributed by atoms with Crippen LogP contribution in [0.4, 0.5) is 0 Å². The predicted octanol–water partition coefficient (Wildman–Crippen LogP) is 9.29. The molecule has 0 aromatic heterocycles. The second-order valence-electron chi connectivity index (χ2n) is 14.2. The van der Waals surface area contributed by atoms with E-state index in [1.807, 2.05) is 60.7 Å². The first-order chi connectivity index (χ1) is 20.8. The fraction of sp³-hybridized carbons (Fsp3) is 0.350. The molecule has 0 amide bonds. The summed E-state index contributed by atoms with van der Waals surface area (Å²) in [6.07, 6.45) is -1.46. The van der Waals surface area contributed by atoms with Crippen molar-refractivity contribution in [2.45, 2.75) is 90.3 Å². The number of hydrogen-bond donors (Lipinski definition) is 0. The molecular weight excluding hydrogens is 544 g/mol. The van der Waals surface area contributed by atoms with Crippen LogP contribution in [0.2, 0.25) is 0 Å². The van der Waals surface area contributed by atoms with Gasteiger partial charge in [-0.1, -0.05) is 121 Å². The van der Waals surface area contributed by atoms with Gasteiger partial charge >= 0.3 is 11.9 Å². The van der Waals surface area contributed by atoms with Crippen molar-refractivity contribution in [1.82, 2.24) is 0 Å². The highest BCUT2D eigenvalue weighted by molar-refractivity contribution is 5.91. The van der Waals surface area contributed by atoms with Gasteiger partial charge in [-0.15, -0.1) is 0 Å². The normalized spacial score (nSPS) is 20.0. The number of ether oxygens (including phenoxy) is 2. The molecule has 4 nitrogen and oxygen atoms in total. The van der Waals surface area contributed by atoms with E-state index in [4.69, 9.17) is 9.47 Å². The lowest BCUT2D eigenvalue weighted by Crippen LogP contribution is -2.46. The van der Waals surface area contributed by atoms with Crippen LogP contribution in [0.5, 0.6) is 0 Å². The summed E-state index contributed by atoms with van der Waals surface area (Å²) >= 11 is 0. The van der Waals surface area contributed by atoms with Crippen LogP contribution in [0.15, 0.2) is 97.1 Å². The van der Waals surface area contributed by atoms with Crippen molar-refractivity contribution in [2.75, 3.05) is 0 Å². The Morgan fingerprint density at radius 2 is 1.02 bits per heavy atom. The smallest absolute Gasteiger partial charge is 0.338 e. The highest BCUT2D eigenvalue weighted by Crippen LogP contribution is 2.46. The quantitative estimate of drug-likeness (QED) is 0.218. The molecule has 4 aromatic carbocycles. The Morgan fingerprint density at radius 3 is 1.52 bits per heavy atom. The summed E-state index contributed by atoms with van der Waals surface area (Å²) < 4.78 is 12.9. The van der Waals surface area contributed by atoms with E-state index in [9.17, 15) is 9.59 Å². The molecule has 0 radical (unpaired) electrons. The van der Waals surface area contributed by atoms with E-state index in [1.54, 1.807) is 12.1 Å². The third-order valence-electron chi connectivity index (χ3n) is 8.91. The van der Waals surface area contributed by atoms with E-state index in [1.165, 1.54) is 0 Å². The molecule has 0 saturated carbocycles. The Kier molecular flexibility index (Phi) is 8.57. The van der Waals surface area contributed by atoms with Crippen LogP contribution in [0.3, 0.4) is 0 Å². The van der Waals surface area contributed by atoms with Gasteiger partial charge in [0.05, 0.1) is 17.0 Å². The van der Waals surface area contributed by atoms with Gasteiger partial charge in [-0.25, -0.2) is 9.59 Å². The van der Waals surface area contributed by atoms with Crippen LogP contribution >= 0.6 is 0 Å². The average molecular weight is 589 g/mol. The van der Waals surface area contributed by atoms with Crippen molar-refractivity contribution >= 4 is 11.9 Å². The Morgan fingerprint density at radius 1 is 0.568 bits per heavy atom. The molecule has 4 aromatic rings. The van der Waals surface area contributed by atoms with E-state index in [0.29, 0.717) is 11.1 Å². The van der Waals surface area contributed by atoms with Crippen LogP contribution in [0.1, 0.15) is 114 Å². The minimum Gasteiger partial charge on any atom is -0.454 e. The molecule has 0 bridgehead atoms. The van der Waals surface area contributed by atoms with Crippen molar-refractivity contribution in [3.05, 3.63) is 142 Å². The Hall–Kier alpha value is -4.18. The Balaban J connectivity index is 1.61. The third kappa shape index (κ3) is 6.36. The number of hydrogen-bond acceptors (Lipinski definition) is 4. The van der Waals surface area contributed by atoms with Crippen molar-refractivity contribution in [3.63, 3.8) is 0 Å². The molecule has 0 fully saturated rings. The first-order valence-electron chi connectivity index (χ1n) is 15.5. The molecular formula is C40H44O4. The van der Waals surface area contributed by atoms with Gasteiger partial charge in [0.25, 0.3) is 0 Å². The van der Waals surface area contributed by atoms with Gasteiger partial charge in [-0.3, -0.25) is 0 Å². The van der Waals surface area contributed by atoms with Gasteiger partial charge in [-0.05, 0) is 75.4 Å². The van der Waals surface area contributed by atoms with E-state index in [0.717, 1.165) is 33.4 Å². The first kappa shape index (κ1) is 31.3. The minimum absolute atomic E-state index is 0.122. The molecule has 44 heavy (non-hydrogen) atoms. The van der Waals surface area contributed by atoms with Gasteiger partial charge in [0.2, 0.25) is 0 Å². The van der Waals surface area contributed by atoms with Crippen LogP contribution < -0.4 is 0 Å². The zero-order valence-electron chi connectivity index (χ0n) is 27.2. The Labute approximate surface area is 262 Å². The second kappa shape index (κ2) is 12.1. The summed E-state index contributed by atoms with van der Waals surface area (Å²) in [5, 5.41) is 0.